The second-order valence-electron chi connectivity index (χ2n) is 7.96. The van der Waals surface area contributed by atoms with Crippen molar-refractivity contribution in [1.29, 1.82) is 0 Å². The van der Waals surface area contributed by atoms with Gasteiger partial charge in [0.25, 0.3) is 10.0 Å². The van der Waals surface area contributed by atoms with Gasteiger partial charge in [0.05, 0.1) is 19.9 Å². The number of rotatable bonds is 11. The Morgan fingerprint density at radius 2 is 1.89 bits per heavy atom. The average molecular weight is 505 g/mol. The third kappa shape index (κ3) is 6.72. The molecule has 0 amide bonds. The molecule has 0 aromatic heterocycles. The summed E-state index contributed by atoms with van der Waals surface area (Å²) in [6.07, 6.45) is 1.52. The highest BCUT2D eigenvalue weighted by Crippen LogP contribution is 2.32. The minimum atomic E-state index is -3.88. The first-order valence-electron chi connectivity index (χ1n) is 10.8. The Balaban J connectivity index is 1.94. The molecular weight excluding hydrogens is 477 g/mol. The first kappa shape index (κ1) is 26.5. The fourth-order valence-corrected chi connectivity index (χ4v) is 4.47. The summed E-state index contributed by atoms with van der Waals surface area (Å²) in [6, 6.07) is 9.42. The smallest absolute Gasteiger partial charge is 0.509 e. The van der Waals surface area contributed by atoms with Crippen LogP contribution in [0.1, 0.15) is 25.0 Å². The van der Waals surface area contributed by atoms with Gasteiger partial charge in [0.1, 0.15) is 23.0 Å². The number of ether oxygens (including phenoxy) is 3. The van der Waals surface area contributed by atoms with Gasteiger partial charge in [0, 0.05) is 19.2 Å². The van der Waals surface area contributed by atoms with E-state index in [9.17, 15) is 8.42 Å². The number of fused-ring (bicyclic) bond motifs is 1. The Kier molecular flexibility index (Phi) is 8.73. The van der Waals surface area contributed by atoms with Gasteiger partial charge in [-0.25, -0.2) is 5.01 Å². The predicted molar refractivity (Wildman–Crippen MR) is 130 cm³/mol. The number of hydrazone groups is 1. The minimum Gasteiger partial charge on any atom is -0.509 e. The van der Waals surface area contributed by atoms with E-state index in [2.05, 4.69) is 9.50 Å². The van der Waals surface area contributed by atoms with Crippen LogP contribution in [-0.4, -0.2) is 76.8 Å². The Labute approximate surface area is 204 Å². The zero-order valence-corrected chi connectivity index (χ0v) is 20.7. The molecule has 2 aromatic carbocycles. The zero-order chi connectivity index (χ0) is 25.6. The van der Waals surface area contributed by atoms with E-state index in [-0.39, 0.29) is 28.1 Å². The number of nitrogens with zero attached hydrogens (tertiary/aromatic N) is 3. The van der Waals surface area contributed by atoms with Crippen LogP contribution in [0.5, 0.6) is 17.2 Å². The van der Waals surface area contributed by atoms with E-state index < -0.39 is 17.3 Å². The van der Waals surface area contributed by atoms with E-state index in [0.717, 1.165) is 0 Å². The van der Waals surface area contributed by atoms with Crippen LogP contribution in [0.2, 0.25) is 0 Å². The highest BCUT2D eigenvalue weighted by molar-refractivity contribution is 7.90. The summed E-state index contributed by atoms with van der Waals surface area (Å²) >= 11 is 0. The maximum atomic E-state index is 12.7. The van der Waals surface area contributed by atoms with Gasteiger partial charge >= 0.3 is 7.32 Å². The van der Waals surface area contributed by atoms with Crippen LogP contribution in [0, 0.1) is 5.92 Å². The van der Waals surface area contributed by atoms with E-state index >= 15 is 0 Å². The Morgan fingerprint density at radius 1 is 1.11 bits per heavy atom. The minimum absolute atomic E-state index is 0.0845. The van der Waals surface area contributed by atoms with Gasteiger partial charge in [-0.15, -0.1) is 4.40 Å². The van der Waals surface area contributed by atoms with Crippen molar-refractivity contribution in [1.82, 2.24) is 5.01 Å². The summed E-state index contributed by atoms with van der Waals surface area (Å²) < 4.78 is 50.2. The van der Waals surface area contributed by atoms with Gasteiger partial charge in [-0.2, -0.15) is 13.5 Å². The second kappa shape index (κ2) is 11.5. The van der Waals surface area contributed by atoms with Gasteiger partial charge in [0.15, 0.2) is 11.6 Å². The third-order valence-corrected chi connectivity index (χ3v) is 6.11. The van der Waals surface area contributed by atoms with Crippen LogP contribution < -0.4 is 14.1 Å². The van der Waals surface area contributed by atoms with Crippen LogP contribution in [0.3, 0.4) is 0 Å². The molecule has 2 N–H and O–H groups in total. The molecule has 0 saturated heterocycles. The fraction of sp³-hybridized carbons (Fsp3) is 0.364. The van der Waals surface area contributed by atoms with E-state index in [0.29, 0.717) is 36.6 Å². The largest absolute Gasteiger partial charge is 0.707 e. The second-order valence-corrected chi connectivity index (χ2v) is 9.54. The molecule has 0 bridgehead atoms. The third-order valence-electron chi connectivity index (χ3n) is 4.78. The lowest BCUT2D eigenvalue weighted by molar-refractivity contribution is 0.146. The average Bonchev–Trinajstić information content (AvgIpc) is 3.07. The number of benzene rings is 2. The molecule has 0 spiro atoms. The lowest BCUT2D eigenvalue weighted by Crippen LogP contribution is -2.29. The van der Waals surface area contributed by atoms with E-state index in [1.165, 1.54) is 30.5 Å². The zero-order valence-electron chi connectivity index (χ0n) is 19.9. The van der Waals surface area contributed by atoms with Crippen LogP contribution in [0.15, 0.2) is 50.8 Å². The van der Waals surface area contributed by atoms with Crippen LogP contribution in [0.25, 0.3) is 0 Å². The lowest BCUT2D eigenvalue weighted by atomic mass is 10.1. The topological polar surface area (TPSA) is 139 Å². The van der Waals surface area contributed by atoms with Crippen molar-refractivity contribution in [3.63, 3.8) is 0 Å². The Hall–Kier alpha value is -3.13. The van der Waals surface area contributed by atoms with Crippen molar-refractivity contribution in [2.24, 2.45) is 15.4 Å². The summed E-state index contributed by atoms with van der Waals surface area (Å²) in [5.41, 5.74) is 1.00. The number of amidine groups is 1. The van der Waals surface area contributed by atoms with Crippen molar-refractivity contribution in [3.8, 4) is 17.2 Å². The molecule has 0 atom stereocenters. The van der Waals surface area contributed by atoms with E-state index in [1.807, 2.05) is 13.8 Å². The number of hydrogen-bond donors (Lipinski definition) is 2. The van der Waals surface area contributed by atoms with Crippen LogP contribution in [0.4, 0.5) is 0 Å². The summed E-state index contributed by atoms with van der Waals surface area (Å²) in [5, 5.41) is 24.1. The standard InChI is InChI=1S/C22H28BN3O8S/c1-15(2)14-26(24-13-16-5-7-19(34-23(27)28)20(11-16)32-4)22-18-12-17(33-10-9-31-3)6-8-21(18)35(29,30)25-22/h5-8,11-13,15,27-28H,9-10,14H2,1-4H3/b24-13+. The molecule has 188 valence electrons. The Morgan fingerprint density at radius 3 is 2.54 bits per heavy atom. The van der Waals surface area contributed by atoms with Crippen molar-refractivity contribution < 1.29 is 37.3 Å². The molecule has 1 aliphatic heterocycles. The highest BCUT2D eigenvalue weighted by atomic mass is 32.2. The molecule has 11 nitrogen and oxygen atoms in total. The first-order chi connectivity index (χ1) is 16.6. The van der Waals surface area contributed by atoms with Crippen molar-refractivity contribution >= 4 is 29.4 Å². The van der Waals surface area contributed by atoms with Crippen LogP contribution in [-0.2, 0) is 14.8 Å². The molecule has 0 aliphatic carbocycles. The van der Waals surface area contributed by atoms with E-state index in [4.69, 9.17) is 28.9 Å². The number of sulfonamides is 1. The fourth-order valence-electron chi connectivity index (χ4n) is 3.29. The molecule has 35 heavy (non-hydrogen) atoms. The summed E-state index contributed by atoms with van der Waals surface area (Å²) in [5.74, 6) is 1.23. The monoisotopic (exact) mass is 505 g/mol. The van der Waals surface area contributed by atoms with Crippen LogP contribution >= 0.6 is 0 Å². The molecule has 1 heterocycles. The van der Waals surface area contributed by atoms with Gasteiger partial charge in [-0.3, -0.25) is 0 Å². The van der Waals surface area contributed by atoms with Gasteiger partial charge in [-0.1, -0.05) is 13.8 Å². The molecule has 0 unspecified atom stereocenters. The number of methoxy groups -OCH3 is 2. The molecule has 0 radical (unpaired) electrons. The number of hydrogen-bond acceptors (Lipinski definition) is 10. The van der Waals surface area contributed by atoms with Gasteiger partial charge < -0.3 is 28.9 Å². The van der Waals surface area contributed by atoms with Crippen molar-refractivity contribution in [3.05, 3.63) is 47.5 Å². The maximum Gasteiger partial charge on any atom is 0.707 e. The quantitative estimate of drug-likeness (QED) is 0.201. The first-order valence-corrected chi connectivity index (χ1v) is 12.2. The highest BCUT2D eigenvalue weighted by Gasteiger charge is 2.33. The van der Waals surface area contributed by atoms with Crippen molar-refractivity contribution in [2.75, 3.05) is 34.0 Å². The van der Waals surface area contributed by atoms with Gasteiger partial charge in [-0.05, 0) is 47.9 Å². The molecule has 1 aliphatic rings. The molecule has 13 heteroatoms. The molecular formula is C22H28BN3O8S. The summed E-state index contributed by atoms with van der Waals surface area (Å²) in [7, 11) is -2.89. The predicted octanol–water partition coefficient (Wildman–Crippen LogP) is 1.51. The van der Waals surface area contributed by atoms with Crippen molar-refractivity contribution in [2.45, 2.75) is 18.7 Å². The maximum absolute atomic E-state index is 12.7. The van der Waals surface area contributed by atoms with Gasteiger partial charge in [0.2, 0.25) is 0 Å². The van der Waals surface area contributed by atoms with E-state index in [1.54, 1.807) is 31.4 Å². The Bertz CT molecular complexity index is 1200. The molecule has 0 fully saturated rings. The molecule has 3 rings (SSSR count). The summed E-state index contributed by atoms with van der Waals surface area (Å²) in [6.45, 7) is 5.07. The summed E-state index contributed by atoms with van der Waals surface area (Å²) in [4.78, 5) is 0.0845. The normalized spacial score (nSPS) is 14.1. The molecule has 2 aromatic rings. The SMILES string of the molecule is COCCOc1ccc2c(c1)C(N(CC(C)C)/N=C/c1ccc(OB(O)O)c(OC)c1)=NS2(=O)=O. The molecule has 0 saturated carbocycles. The lowest BCUT2D eigenvalue weighted by Gasteiger charge is -2.21.